The van der Waals surface area contributed by atoms with Crippen LogP contribution in [0.5, 0.6) is 5.75 Å². The Labute approximate surface area is 292 Å². The molecule has 0 amide bonds. The van der Waals surface area contributed by atoms with Gasteiger partial charge in [-0.15, -0.1) is 0 Å². The van der Waals surface area contributed by atoms with Gasteiger partial charge in [-0.25, -0.2) is 4.98 Å². The maximum Gasteiger partial charge on any atom is 0.229 e. The molecule has 4 aromatic rings. The van der Waals surface area contributed by atoms with E-state index in [1.54, 1.807) is 25.7 Å². The van der Waals surface area contributed by atoms with Crippen molar-refractivity contribution in [3.8, 4) is 5.75 Å². The standard InChI is InChI=1S/C35H45BrN9O2P/c1-5-23-18-29(31(46-2)19-30(23)45-12-8-24(9-13-45)43-14-16-44(17-15-43)25-21-47-22-25)41-35-39-20-26(36)34(42-35)40-28-7-6-27-32(33(28)48(3)4)38-11-10-37-27/h6-7,10-11,18-20,24-25H,5,8-9,12-17,21-22H2,1-4H3,(H2,39,40,41,42). The van der Waals surface area contributed by atoms with E-state index in [1.165, 1.54) is 37.2 Å². The number of halogens is 1. The van der Waals surface area contributed by atoms with Gasteiger partial charge in [0.25, 0.3) is 0 Å². The molecule has 2 aromatic heterocycles. The number of benzene rings is 2. The Morgan fingerprint density at radius 3 is 2.31 bits per heavy atom. The Bertz CT molecular complexity index is 1740. The molecule has 0 atom stereocenters. The van der Waals surface area contributed by atoms with Crippen molar-refractivity contribution in [1.82, 2.24) is 29.7 Å². The Balaban J connectivity index is 1.05. The molecule has 3 saturated heterocycles. The number of rotatable bonds is 10. The number of nitrogens with zero attached hydrogens (tertiary/aromatic N) is 7. The highest BCUT2D eigenvalue weighted by Crippen LogP contribution is 2.38. The maximum atomic E-state index is 5.94. The van der Waals surface area contributed by atoms with Crippen molar-refractivity contribution in [1.29, 1.82) is 0 Å². The summed E-state index contributed by atoms with van der Waals surface area (Å²) in [6.07, 6.45) is 8.53. The van der Waals surface area contributed by atoms with E-state index in [4.69, 9.17) is 14.5 Å². The van der Waals surface area contributed by atoms with Gasteiger partial charge in [0.2, 0.25) is 5.95 Å². The first kappa shape index (κ1) is 33.4. The Kier molecular flexibility index (Phi) is 10.3. The molecule has 3 fully saturated rings. The molecule has 0 unspecified atom stereocenters. The van der Waals surface area contributed by atoms with Crippen molar-refractivity contribution in [3.63, 3.8) is 0 Å². The monoisotopic (exact) mass is 733 g/mol. The fraction of sp³-hybridized carbons (Fsp3) is 0.486. The zero-order valence-electron chi connectivity index (χ0n) is 28.2. The first-order valence-electron chi connectivity index (χ1n) is 16.9. The maximum absolute atomic E-state index is 5.94. The first-order chi connectivity index (χ1) is 23.4. The van der Waals surface area contributed by atoms with Gasteiger partial charge in [-0.3, -0.25) is 19.8 Å². The van der Waals surface area contributed by atoms with E-state index < -0.39 is 7.92 Å². The van der Waals surface area contributed by atoms with Gasteiger partial charge >= 0.3 is 0 Å². The highest BCUT2D eigenvalue weighted by atomic mass is 79.9. The molecule has 2 aromatic carbocycles. The zero-order valence-corrected chi connectivity index (χ0v) is 30.7. The predicted molar refractivity (Wildman–Crippen MR) is 200 cm³/mol. The van der Waals surface area contributed by atoms with Crippen molar-refractivity contribution < 1.29 is 9.47 Å². The van der Waals surface area contributed by atoms with Gasteiger partial charge < -0.3 is 25.0 Å². The number of fused-ring (bicyclic) bond motifs is 1. The van der Waals surface area contributed by atoms with Gasteiger partial charge in [-0.05, 0) is 72.3 Å². The number of piperidine rings is 1. The minimum Gasteiger partial charge on any atom is -0.494 e. The highest BCUT2D eigenvalue weighted by molar-refractivity contribution is 9.10. The molecule has 7 rings (SSSR count). The van der Waals surface area contributed by atoms with Gasteiger partial charge in [-0.1, -0.05) is 14.8 Å². The molecule has 5 heterocycles. The number of ether oxygens (including phenoxy) is 2. The Hall–Kier alpha value is -3.15. The van der Waals surface area contributed by atoms with Crippen molar-refractivity contribution in [2.24, 2.45) is 0 Å². The SMILES string of the molecule is CCc1cc(Nc2ncc(Br)c(Nc3ccc4nccnc4c3P(C)C)n2)c(OC)cc1N1CCC(N2CCN(C3COC3)CC2)CC1. The number of aromatic nitrogens is 4. The van der Waals surface area contributed by atoms with Crippen LogP contribution in [0.25, 0.3) is 11.0 Å². The van der Waals surface area contributed by atoms with Crippen molar-refractivity contribution >= 4 is 69.0 Å². The molecule has 0 spiro atoms. The van der Waals surface area contributed by atoms with Gasteiger partial charge in [-0.2, -0.15) is 4.98 Å². The lowest BCUT2D eigenvalue weighted by atomic mass is 9.99. The minimum atomic E-state index is -0.467. The van der Waals surface area contributed by atoms with E-state index in [1.807, 2.05) is 6.07 Å². The molecule has 11 nitrogen and oxygen atoms in total. The number of hydrogen-bond donors (Lipinski definition) is 2. The van der Waals surface area contributed by atoms with E-state index in [9.17, 15) is 0 Å². The van der Waals surface area contributed by atoms with Crippen LogP contribution in [0.2, 0.25) is 0 Å². The fourth-order valence-corrected chi connectivity index (χ4v) is 8.67. The summed E-state index contributed by atoms with van der Waals surface area (Å²) in [5, 5.41) is 8.16. The molecule has 13 heteroatoms. The molecule has 0 aliphatic carbocycles. The van der Waals surface area contributed by atoms with Gasteiger partial charge in [0.05, 0.1) is 47.6 Å². The second-order valence-corrected chi connectivity index (χ2v) is 16.0. The van der Waals surface area contributed by atoms with Crippen LogP contribution in [-0.4, -0.2) is 115 Å². The van der Waals surface area contributed by atoms with Crippen LogP contribution in [0.1, 0.15) is 25.3 Å². The van der Waals surface area contributed by atoms with E-state index in [2.05, 4.69) is 94.7 Å². The van der Waals surface area contributed by atoms with Crippen LogP contribution in [0, 0.1) is 0 Å². The topological polar surface area (TPSA) is 104 Å². The fourth-order valence-electron chi connectivity index (χ4n) is 7.17. The van der Waals surface area contributed by atoms with Gasteiger partial charge in [0, 0.05) is 86.6 Å². The summed E-state index contributed by atoms with van der Waals surface area (Å²) in [6.45, 7) is 15.3. The smallest absolute Gasteiger partial charge is 0.229 e. The number of aryl methyl sites for hydroxylation is 1. The molecule has 0 saturated carbocycles. The number of piperazine rings is 1. The number of nitrogens with one attached hydrogen (secondary N) is 2. The Morgan fingerprint density at radius 2 is 1.65 bits per heavy atom. The van der Waals surface area contributed by atoms with Gasteiger partial charge in [0.15, 0.2) is 0 Å². The average molecular weight is 735 g/mol. The third-order valence-corrected chi connectivity index (χ3v) is 11.8. The summed E-state index contributed by atoms with van der Waals surface area (Å²) in [7, 11) is 1.26. The van der Waals surface area contributed by atoms with Crippen LogP contribution < -0.4 is 25.6 Å². The van der Waals surface area contributed by atoms with Crippen LogP contribution in [-0.2, 0) is 11.2 Å². The molecule has 254 valence electrons. The number of hydrogen-bond acceptors (Lipinski definition) is 11. The summed E-state index contributed by atoms with van der Waals surface area (Å²) >= 11 is 3.65. The van der Waals surface area contributed by atoms with Crippen LogP contribution in [0.3, 0.4) is 0 Å². The van der Waals surface area contributed by atoms with Crippen LogP contribution in [0.4, 0.5) is 28.8 Å². The van der Waals surface area contributed by atoms with E-state index >= 15 is 0 Å². The lowest BCUT2D eigenvalue weighted by Crippen LogP contribution is -2.59. The van der Waals surface area contributed by atoms with E-state index in [0.29, 0.717) is 23.8 Å². The molecule has 0 radical (unpaired) electrons. The summed E-state index contributed by atoms with van der Waals surface area (Å²) < 4.78 is 12.1. The molecule has 48 heavy (non-hydrogen) atoms. The van der Waals surface area contributed by atoms with E-state index in [0.717, 1.165) is 83.7 Å². The molecule has 3 aliphatic heterocycles. The second kappa shape index (κ2) is 14.8. The first-order valence-corrected chi connectivity index (χ1v) is 19.9. The largest absolute Gasteiger partial charge is 0.494 e. The molecular formula is C35H45BrN9O2P. The lowest BCUT2D eigenvalue weighted by molar-refractivity contribution is -0.0803. The summed E-state index contributed by atoms with van der Waals surface area (Å²) in [4.78, 5) is 26.5. The summed E-state index contributed by atoms with van der Waals surface area (Å²) in [5.74, 6) is 1.93. The third kappa shape index (κ3) is 6.96. The van der Waals surface area contributed by atoms with Crippen molar-refractivity contribution in [2.75, 3.05) is 88.5 Å². The highest BCUT2D eigenvalue weighted by Gasteiger charge is 2.32. The number of anilines is 5. The Morgan fingerprint density at radius 1 is 0.917 bits per heavy atom. The predicted octanol–water partition coefficient (Wildman–Crippen LogP) is 5.59. The molecule has 3 aliphatic rings. The van der Waals surface area contributed by atoms with Gasteiger partial charge in [0.1, 0.15) is 11.6 Å². The zero-order chi connectivity index (χ0) is 33.2. The second-order valence-electron chi connectivity index (χ2n) is 12.9. The van der Waals surface area contributed by atoms with E-state index in [-0.39, 0.29) is 0 Å². The quantitative estimate of drug-likeness (QED) is 0.200. The summed E-state index contributed by atoms with van der Waals surface area (Å²) in [5.41, 5.74) is 6.16. The van der Waals surface area contributed by atoms with Crippen LogP contribution >= 0.6 is 23.9 Å². The molecular weight excluding hydrogens is 689 g/mol. The lowest BCUT2D eigenvalue weighted by Gasteiger charge is -2.46. The van der Waals surface area contributed by atoms with Crippen molar-refractivity contribution in [3.05, 3.63) is 52.9 Å². The molecule has 0 bridgehead atoms. The normalized spacial score (nSPS) is 18.3. The summed E-state index contributed by atoms with van der Waals surface area (Å²) in [6, 6.07) is 9.74. The number of methoxy groups -OCH3 is 1. The third-order valence-electron chi connectivity index (χ3n) is 9.89. The van der Waals surface area contributed by atoms with Crippen LogP contribution in [0.15, 0.2) is 47.3 Å². The average Bonchev–Trinajstić information content (AvgIpc) is 3.09. The molecule has 2 N–H and O–H groups in total. The van der Waals surface area contributed by atoms with Crippen molar-refractivity contribution in [2.45, 2.75) is 38.3 Å². The minimum absolute atomic E-state index is 0.467.